The van der Waals surface area contributed by atoms with Crippen molar-refractivity contribution >= 4 is 17.7 Å². The summed E-state index contributed by atoms with van der Waals surface area (Å²) >= 11 is 0. The molecule has 0 radical (unpaired) electrons. The summed E-state index contributed by atoms with van der Waals surface area (Å²) < 4.78 is 0. The molecule has 2 rings (SSSR count). The molecule has 2 saturated heterocycles. The van der Waals surface area contributed by atoms with E-state index < -0.39 is 0 Å². The van der Waals surface area contributed by atoms with Gasteiger partial charge in [0.1, 0.15) is 6.04 Å². The minimum Gasteiger partial charge on any atom is -0.351 e. The molecule has 2 heterocycles. The van der Waals surface area contributed by atoms with Gasteiger partial charge in [-0.05, 0) is 19.3 Å². The standard InChI is InChI=1S/C12H19N3O3/c1-8(16)15-6-4-9(5-7-15)13-12(18)10-2-3-11(17)14-10/h9-10H,2-7H2,1H3,(H,13,18)(H,14,17)/t10-/m0/s1. The second-order valence-corrected chi connectivity index (χ2v) is 4.95. The number of piperidine rings is 1. The number of rotatable bonds is 2. The van der Waals surface area contributed by atoms with Crippen molar-refractivity contribution in [3.05, 3.63) is 0 Å². The lowest BCUT2D eigenvalue weighted by atomic mass is 10.0. The Hall–Kier alpha value is -1.59. The van der Waals surface area contributed by atoms with Crippen LogP contribution in [0.3, 0.4) is 0 Å². The van der Waals surface area contributed by atoms with Gasteiger partial charge in [0, 0.05) is 32.5 Å². The van der Waals surface area contributed by atoms with Crippen LogP contribution >= 0.6 is 0 Å². The van der Waals surface area contributed by atoms with Gasteiger partial charge >= 0.3 is 0 Å². The number of carbonyl (C=O) groups excluding carboxylic acids is 3. The number of likely N-dealkylation sites (tertiary alicyclic amines) is 1. The minimum atomic E-state index is -0.372. The number of hydrogen-bond acceptors (Lipinski definition) is 3. The first kappa shape index (κ1) is 12.9. The molecule has 0 unspecified atom stereocenters. The van der Waals surface area contributed by atoms with E-state index >= 15 is 0 Å². The molecule has 100 valence electrons. The molecule has 18 heavy (non-hydrogen) atoms. The van der Waals surface area contributed by atoms with E-state index in [0.29, 0.717) is 25.9 Å². The highest BCUT2D eigenvalue weighted by Gasteiger charge is 2.29. The molecule has 2 fully saturated rings. The average molecular weight is 253 g/mol. The summed E-state index contributed by atoms with van der Waals surface area (Å²) in [6.07, 6.45) is 2.58. The van der Waals surface area contributed by atoms with Crippen LogP contribution in [0.5, 0.6) is 0 Å². The van der Waals surface area contributed by atoms with Crippen LogP contribution in [0.1, 0.15) is 32.6 Å². The van der Waals surface area contributed by atoms with Crippen molar-refractivity contribution in [2.45, 2.75) is 44.7 Å². The van der Waals surface area contributed by atoms with E-state index in [2.05, 4.69) is 10.6 Å². The summed E-state index contributed by atoms with van der Waals surface area (Å²) in [5.74, 6) is -0.0634. The minimum absolute atomic E-state index is 0.0541. The molecule has 0 saturated carbocycles. The smallest absolute Gasteiger partial charge is 0.242 e. The summed E-state index contributed by atoms with van der Waals surface area (Å²) in [5, 5.41) is 5.60. The normalized spacial score (nSPS) is 24.8. The first-order chi connectivity index (χ1) is 8.56. The predicted octanol–water partition coefficient (Wildman–Crippen LogP) is -0.608. The number of hydrogen-bond donors (Lipinski definition) is 2. The molecule has 6 heteroatoms. The summed E-state index contributed by atoms with van der Waals surface area (Å²) in [6.45, 7) is 2.95. The molecule has 2 N–H and O–H groups in total. The summed E-state index contributed by atoms with van der Waals surface area (Å²) in [4.78, 5) is 35.9. The van der Waals surface area contributed by atoms with Crippen LogP contribution in [0.25, 0.3) is 0 Å². The Morgan fingerprint density at radius 2 is 1.94 bits per heavy atom. The van der Waals surface area contributed by atoms with Gasteiger partial charge in [-0.3, -0.25) is 14.4 Å². The number of carbonyl (C=O) groups is 3. The van der Waals surface area contributed by atoms with Gasteiger partial charge in [0.2, 0.25) is 17.7 Å². The first-order valence-electron chi connectivity index (χ1n) is 6.41. The Balaban J connectivity index is 1.76. The van der Waals surface area contributed by atoms with Crippen molar-refractivity contribution in [2.24, 2.45) is 0 Å². The molecule has 0 aromatic carbocycles. The molecule has 0 aromatic heterocycles. The molecule has 2 aliphatic rings. The SMILES string of the molecule is CC(=O)N1CCC(NC(=O)[C@@H]2CCC(=O)N2)CC1. The third-order valence-corrected chi connectivity index (χ3v) is 3.60. The molecule has 1 atom stereocenters. The maximum Gasteiger partial charge on any atom is 0.242 e. The van der Waals surface area contributed by atoms with E-state index in [-0.39, 0.29) is 29.8 Å². The van der Waals surface area contributed by atoms with Crippen molar-refractivity contribution in [1.82, 2.24) is 15.5 Å². The van der Waals surface area contributed by atoms with Gasteiger partial charge in [-0.15, -0.1) is 0 Å². The second-order valence-electron chi connectivity index (χ2n) is 4.95. The van der Waals surface area contributed by atoms with Gasteiger partial charge in [0.25, 0.3) is 0 Å². The van der Waals surface area contributed by atoms with Crippen LogP contribution in [0.4, 0.5) is 0 Å². The lowest BCUT2D eigenvalue weighted by molar-refractivity contribution is -0.130. The van der Waals surface area contributed by atoms with E-state index in [0.717, 1.165) is 12.8 Å². The fourth-order valence-electron chi connectivity index (χ4n) is 2.45. The Morgan fingerprint density at radius 3 is 2.44 bits per heavy atom. The lowest BCUT2D eigenvalue weighted by Gasteiger charge is -2.32. The van der Waals surface area contributed by atoms with Crippen molar-refractivity contribution in [1.29, 1.82) is 0 Å². The Kier molecular flexibility index (Phi) is 3.84. The lowest BCUT2D eigenvalue weighted by Crippen LogP contribution is -2.50. The summed E-state index contributed by atoms with van der Waals surface area (Å²) in [6, 6.07) is -0.256. The van der Waals surface area contributed by atoms with Gasteiger partial charge < -0.3 is 15.5 Å². The van der Waals surface area contributed by atoms with Gasteiger partial charge in [0.15, 0.2) is 0 Å². The van der Waals surface area contributed by atoms with Gasteiger partial charge in [-0.2, -0.15) is 0 Å². The van der Waals surface area contributed by atoms with Crippen molar-refractivity contribution in [3.8, 4) is 0 Å². The fourth-order valence-corrected chi connectivity index (χ4v) is 2.45. The number of nitrogens with zero attached hydrogens (tertiary/aromatic N) is 1. The topological polar surface area (TPSA) is 78.5 Å². The Labute approximate surface area is 106 Å². The van der Waals surface area contributed by atoms with Crippen molar-refractivity contribution < 1.29 is 14.4 Å². The molecule has 3 amide bonds. The fraction of sp³-hybridized carbons (Fsp3) is 0.750. The van der Waals surface area contributed by atoms with E-state index in [9.17, 15) is 14.4 Å². The van der Waals surface area contributed by atoms with E-state index in [1.54, 1.807) is 11.8 Å². The zero-order valence-electron chi connectivity index (χ0n) is 10.6. The molecule has 0 bridgehead atoms. The van der Waals surface area contributed by atoms with E-state index in [4.69, 9.17) is 0 Å². The molecule has 2 aliphatic heterocycles. The third-order valence-electron chi connectivity index (χ3n) is 3.60. The van der Waals surface area contributed by atoms with Crippen LogP contribution in [0, 0.1) is 0 Å². The zero-order chi connectivity index (χ0) is 13.1. The molecular formula is C12H19N3O3. The maximum absolute atomic E-state index is 11.9. The quantitative estimate of drug-likeness (QED) is 0.689. The molecule has 0 aromatic rings. The van der Waals surface area contributed by atoms with Crippen LogP contribution in [0.2, 0.25) is 0 Å². The van der Waals surface area contributed by atoms with Gasteiger partial charge in [0.05, 0.1) is 0 Å². The van der Waals surface area contributed by atoms with E-state index in [1.165, 1.54) is 0 Å². The van der Waals surface area contributed by atoms with Crippen LogP contribution in [0.15, 0.2) is 0 Å². The first-order valence-corrected chi connectivity index (χ1v) is 6.41. The average Bonchev–Trinajstić information content (AvgIpc) is 2.76. The highest BCUT2D eigenvalue weighted by molar-refractivity contribution is 5.90. The van der Waals surface area contributed by atoms with Crippen LogP contribution in [-0.4, -0.2) is 47.8 Å². The van der Waals surface area contributed by atoms with E-state index in [1.807, 2.05) is 0 Å². The molecular weight excluding hydrogens is 234 g/mol. The number of amides is 3. The summed E-state index contributed by atoms with van der Waals surface area (Å²) in [5.41, 5.74) is 0. The Morgan fingerprint density at radius 1 is 1.28 bits per heavy atom. The van der Waals surface area contributed by atoms with Crippen LogP contribution in [-0.2, 0) is 14.4 Å². The molecule has 6 nitrogen and oxygen atoms in total. The predicted molar refractivity (Wildman–Crippen MR) is 64.6 cm³/mol. The van der Waals surface area contributed by atoms with Gasteiger partial charge in [-0.1, -0.05) is 0 Å². The van der Waals surface area contributed by atoms with Crippen molar-refractivity contribution in [3.63, 3.8) is 0 Å². The molecule has 0 aliphatic carbocycles. The summed E-state index contributed by atoms with van der Waals surface area (Å²) in [7, 11) is 0. The third kappa shape index (κ3) is 3.00. The number of nitrogens with one attached hydrogen (secondary N) is 2. The zero-order valence-corrected chi connectivity index (χ0v) is 10.6. The highest BCUT2D eigenvalue weighted by atomic mass is 16.2. The van der Waals surface area contributed by atoms with Crippen molar-refractivity contribution in [2.75, 3.05) is 13.1 Å². The second kappa shape index (κ2) is 5.37. The molecule has 0 spiro atoms. The largest absolute Gasteiger partial charge is 0.351 e. The van der Waals surface area contributed by atoms with Crippen LogP contribution < -0.4 is 10.6 Å². The Bertz CT molecular complexity index is 362. The monoisotopic (exact) mass is 253 g/mol. The highest BCUT2D eigenvalue weighted by Crippen LogP contribution is 2.12. The maximum atomic E-state index is 11.9. The van der Waals surface area contributed by atoms with Gasteiger partial charge in [-0.25, -0.2) is 0 Å².